The quantitative estimate of drug-likeness (QED) is 0.760. The van der Waals surface area contributed by atoms with E-state index in [2.05, 4.69) is 13.8 Å². The SMILES string of the molecule is CC(C)CN1CCC(N2CCC3(CC2)CN(C(=O)C(C)C)C3)C(F)(F)C1. The first-order chi connectivity index (χ1) is 12.1. The number of rotatable bonds is 4. The van der Waals surface area contributed by atoms with E-state index in [1.54, 1.807) is 0 Å². The summed E-state index contributed by atoms with van der Waals surface area (Å²) in [4.78, 5) is 18.0. The minimum atomic E-state index is -2.63. The highest BCUT2D eigenvalue weighted by atomic mass is 19.3. The second-order valence-corrected chi connectivity index (χ2v) is 9.58. The molecule has 1 spiro atoms. The lowest BCUT2D eigenvalue weighted by atomic mass is 9.71. The number of hydrogen-bond acceptors (Lipinski definition) is 3. The number of amides is 1. The van der Waals surface area contributed by atoms with Crippen LogP contribution in [0.3, 0.4) is 0 Å². The predicted octanol–water partition coefficient (Wildman–Crippen LogP) is 2.93. The molecular weight excluding hydrogens is 336 g/mol. The summed E-state index contributed by atoms with van der Waals surface area (Å²) in [5.74, 6) is -1.94. The zero-order chi connectivity index (χ0) is 19.1. The Labute approximate surface area is 156 Å². The first-order valence-corrected chi connectivity index (χ1v) is 10.2. The summed E-state index contributed by atoms with van der Waals surface area (Å²) in [6.07, 6.45) is 2.44. The van der Waals surface area contributed by atoms with Crippen LogP contribution in [0, 0.1) is 17.3 Å². The third-order valence-corrected chi connectivity index (χ3v) is 6.42. The van der Waals surface area contributed by atoms with Crippen molar-refractivity contribution in [3.05, 3.63) is 0 Å². The largest absolute Gasteiger partial charge is 0.341 e. The molecule has 0 radical (unpaired) electrons. The standard InChI is InChI=1S/C20H35F2N3O/c1-15(2)11-23-8-5-17(20(21,22)14-23)24-9-6-19(7-10-24)12-25(13-19)18(26)16(3)4/h15-17H,5-14H2,1-4H3. The van der Waals surface area contributed by atoms with Crippen molar-refractivity contribution in [3.63, 3.8) is 0 Å². The minimum Gasteiger partial charge on any atom is -0.341 e. The molecule has 0 aromatic carbocycles. The summed E-state index contributed by atoms with van der Waals surface area (Å²) in [6, 6.07) is -0.614. The normalized spacial score (nSPS) is 29.4. The van der Waals surface area contributed by atoms with Crippen molar-refractivity contribution in [1.29, 1.82) is 0 Å². The van der Waals surface area contributed by atoms with Gasteiger partial charge < -0.3 is 4.90 Å². The number of halogens is 2. The molecule has 6 heteroatoms. The van der Waals surface area contributed by atoms with Crippen molar-refractivity contribution in [1.82, 2.24) is 14.7 Å². The Morgan fingerprint density at radius 1 is 1.04 bits per heavy atom. The molecule has 26 heavy (non-hydrogen) atoms. The maximum Gasteiger partial charge on any atom is 0.275 e. The van der Waals surface area contributed by atoms with Crippen molar-refractivity contribution in [3.8, 4) is 0 Å². The Morgan fingerprint density at radius 3 is 2.15 bits per heavy atom. The van der Waals surface area contributed by atoms with Crippen LogP contribution in [0.15, 0.2) is 0 Å². The molecule has 1 unspecified atom stereocenters. The number of hydrogen-bond donors (Lipinski definition) is 0. The second-order valence-electron chi connectivity index (χ2n) is 9.58. The Balaban J connectivity index is 1.50. The molecule has 3 aliphatic rings. The van der Waals surface area contributed by atoms with Gasteiger partial charge in [0.25, 0.3) is 5.92 Å². The first kappa shape index (κ1) is 20.0. The van der Waals surface area contributed by atoms with Crippen LogP contribution >= 0.6 is 0 Å². The molecule has 0 aromatic rings. The van der Waals surface area contributed by atoms with Gasteiger partial charge in [0.15, 0.2) is 0 Å². The smallest absolute Gasteiger partial charge is 0.275 e. The number of alkyl halides is 2. The molecule has 0 N–H and O–H groups in total. The molecule has 3 rings (SSSR count). The van der Waals surface area contributed by atoms with Crippen LogP contribution in [0.2, 0.25) is 0 Å². The fourth-order valence-corrected chi connectivity index (χ4v) is 5.03. The average Bonchev–Trinajstić information content (AvgIpc) is 2.51. The van der Waals surface area contributed by atoms with E-state index in [9.17, 15) is 13.6 Å². The zero-order valence-electron chi connectivity index (χ0n) is 16.8. The molecule has 0 bridgehead atoms. The molecule has 150 valence electrons. The summed E-state index contributed by atoms with van der Waals surface area (Å²) in [5, 5.41) is 0. The van der Waals surface area contributed by atoms with Crippen LogP contribution in [0.4, 0.5) is 8.78 Å². The number of carbonyl (C=O) groups is 1. The monoisotopic (exact) mass is 371 g/mol. The van der Waals surface area contributed by atoms with Gasteiger partial charge in [0.2, 0.25) is 5.91 Å². The van der Waals surface area contributed by atoms with Gasteiger partial charge in [-0.15, -0.1) is 0 Å². The van der Waals surface area contributed by atoms with Crippen molar-refractivity contribution in [2.24, 2.45) is 17.3 Å². The fourth-order valence-electron chi connectivity index (χ4n) is 5.03. The van der Waals surface area contributed by atoms with E-state index in [1.807, 2.05) is 28.5 Å². The topological polar surface area (TPSA) is 26.8 Å². The minimum absolute atomic E-state index is 0.0437. The third kappa shape index (κ3) is 4.06. The van der Waals surface area contributed by atoms with Gasteiger partial charge in [-0.2, -0.15) is 0 Å². The van der Waals surface area contributed by atoms with Gasteiger partial charge in [0.1, 0.15) is 0 Å². The molecule has 3 heterocycles. The summed E-state index contributed by atoms with van der Waals surface area (Å²) in [6.45, 7) is 12.6. The molecule has 1 amide bonds. The van der Waals surface area contributed by atoms with E-state index in [1.165, 1.54) is 0 Å². The van der Waals surface area contributed by atoms with E-state index in [0.717, 1.165) is 52.1 Å². The molecule has 3 saturated heterocycles. The molecule has 4 nitrogen and oxygen atoms in total. The molecule has 3 fully saturated rings. The average molecular weight is 372 g/mol. The van der Waals surface area contributed by atoms with Gasteiger partial charge in [-0.1, -0.05) is 27.7 Å². The van der Waals surface area contributed by atoms with Crippen molar-refractivity contribution in [2.75, 3.05) is 45.8 Å². The van der Waals surface area contributed by atoms with Crippen molar-refractivity contribution >= 4 is 5.91 Å². The van der Waals surface area contributed by atoms with Gasteiger partial charge in [0, 0.05) is 37.5 Å². The Kier molecular flexibility index (Phi) is 5.65. The highest BCUT2D eigenvalue weighted by molar-refractivity contribution is 5.79. The highest BCUT2D eigenvalue weighted by Gasteiger charge is 2.52. The number of likely N-dealkylation sites (tertiary alicyclic amines) is 3. The predicted molar refractivity (Wildman–Crippen MR) is 99.3 cm³/mol. The third-order valence-electron chi connectivity index (χ3n) is 6.42. The van der Waals surface area contributed by atoms with Crippen LogP contribution in [0.1, 0.15) is 47.0 Å². The van der Waals surface area contributed by atoms with Crippen molar-refractivity contribution < 1.29 is 13.6 Å². The second kappa shape index (κ2) is 7.34. The zero-order valence-corrected chi connectivity index (χ0v) is 16.8. The summed E-state index contributed by atoms with van der Waals surface area (Å²) in [7, 11) is 0. The van der Waals surface area contributed by atoms with E-state index in [0.29, 0.717) is 12.3 Å². The van der Waals surface area contributed by atoms with E-state index >= 15 is 0 Å². The lowest BCUT2D eigenvalue weighted by Gasteiger charge is -2.56. The van der Waals surface area contributed by atoms with Crippen LogP contribution in [-0.4, -0.2) is 78.4 Å². The Hall–Kier alpha value is -0.750. The van der Waals surface area contributed by atoms with Gasteiger partial charge in [-0.05, 0) is 38.3 Å². The number of nitrogens with zero attached hydrogens (tertiary/aromatic N) is 3. The number of carbonyl (C=O) groups excluding carboxylic acids is 1. The van der Waals surface area contributed by atoms with E-state index in [-0.39, 0.29) is 23.8 Å². The lowest BCUT2D eigenvalue weighted by Crippen LogP contribution is -2.65. The first-order valence-electron chi connectivity index (χ1n) is 10.2. The van der Waals surface area contributed by atoms with Crippen LogP contribution < -0.4 is 0 Å². The maximum atomic E-state index is 14.8. The van der Waals surface area contributed by atoms with E-state index < -0.39 is 12.0 Å². The molecule has 0 aliphatic carbocycles. The molecule has 3 aliphatic heterocycles. The molecular formula is C20H35F2N3O. The number of piperidine rings is 2. The van der Waals surface area contributed by atoms with Gasteiger partial charge >= 0.3 is 0 Å². The van der Waals surface area contributed by atoms with E-state index in [4.69, 9.17) is 0 Å². The van der Waals surface area contributed by atoms with Crippen molar-refractivity contribution in [2.45, 2.75) is 58.9 Å². The summed E-state index contributed by atoms with van der Waals surface area (Å²) in [5.41, 5.74) is 0.189. The Morgan fingerprint density at radius 2 is 1.65 bits per heavy atom. The van der Waals surface area contributed by atoms with Gasteiger partial charge in [0.05, 0.1) is 12.6 Å². The molecule has 0 saturated carbocycles. The fraction of sp³-hybridized carbons (Fsp3) is 0.950. The molecule has 1 atom stereocenters. The van der Waals surface area contributed by atoms with Crippen LogP contribution in [0.5, 0.6) is 0 Å². The van der Waals surface area contributed by atoms with Gasteiger partial charge in [-0.3, -0.25) is 14.6 Å². The Bertz CT molecular complexity index is 507. The van der Waals surface area contributed by atoms with Crippen LogP contribution in [0.25, 0.3) is 0 Å². The maximum absolute atomic E-state index is 14.8. The molecule has 0 aromatic heterocycles. The van der Waals surface area contributed by atoms with Crippen LogP contribution in [-0.2, 0) is 4.79 Å². The van der Waals surface area contributed by atoms with Gasteiger partial charge in [-0.25, -0.2) is 8.78 Å². The summed E-state index contributed by atoms with van der Waals surface area (Å²) >= 11 is 0. The highest BCUT2D eigenvalue weighted by Crippen LogP contribution is 2.43. The summed E-state index contributed by atoms with van der Waals surface area (Å²) < 4.78 is 29.5. The lowest BCUT2D eigenvalue weighted by molar-refractivity contribution is -0.159.